The molecular formula is C13H8Br2F2N2S. The lowest BCUT2D eigenvalue weighted by molar-refractivity contribution is 0.621. The molecule has 0 atom stereocenters. The van der Waals surface area contributed by atoms with Gasteiger partial charge in [0.25, 0.3) is 0 Å². The third-order valence-electron chi connectivity index (χ3n) is 2.55. The first-order valence-electron chi connectivity index (χ1n) is 5.40. The highest BCUT2D eigenvalue weighted by Gasteiger charge is 2.13. The van der Waals surface area contributed by atoms with Crippen LogP contribution >= 0.6 is 44.1 Å². The molecule has 0 bridgehead atoms. The Hall–Kier alpha value is -1.05. The maximum absolute atomic E-state index is 14.2. The van der Waals surface area contributed by atoms with E-state index in [2.05, 4.69) is 37.2 Å². The van der Waals surface area contributed by atoms with E-state index in [4.69, 9.17) is 18.0 Å². The van der Waals surface area contributed by atoms with Crippen molar-refractivity contribution in [3.63, 3.8) is 0 Å². The summed E-state index contributed by atoms with van der Waals surface area (Å²) in [6, 6.07) is 7.43. The summed E-state index contributed by atoms with van der Waals surface area (Å²) in [5, 5.41) is 2.86. The van der Waals surface area contributed by atoms with Crippen molar-refractivity contribution in [2.75, 3.05) is 5.32 Å². The number of nitrogens with two attached hydrogens (primary N) is 1. The number of hydrogen-bond donors (Lipinski definition) is 2. The van der Waals surface area contributed by atoms with Crippen LogP contribution in [0.15, 0.2) is 39.3 Å². The lowest BCUT2D eigenvalue weighted by Gasteiger charge is -2.11. The van der Waals surface area contributed by atoms with Crippen LogP contribution in [-0.2, 0) is 0 Å². The first-order valence-corrected chi connectivity index (χ1v) is 7.39. The van der Waals surface area contributed by atoms with Crippen LogP contribution < -0.4 is 11.1 Å². The van der Waals surface area contributed by atoms with Crippen LogP contribution in [0, 0.1) is 11.6 Å². The molecule has 104 valence electrons. The average Bonchev–Trinajstić information content (AvgIpc) is 2.39. The van der Waals surface area contributed by atoms with Crippen LogP contribution in [0.1, 0.15) is 5.56 Å². The third kappa shape index (κ3) is 3.16. The van der Waals surface area contributed by atoms with E-state index < -0.39 is 5.82 Å². The molecule has 0 amide bonds. The second-order valence-electron chi connectivity index (χ2n) is 3.91. The fourth-order valence-electron chi connectivity index (χ4n) is 1.57. The van der Waals surface area contributed by atoms with E-state index in [-0.39, 0.29) is 21.0 Å². The van der Waals surface area contributed by atoms with Crippen molar-refractivity contribution in [2.24, 2.45) is 5.73 Å². The molecule has 0 saturated heterocycles. The Kier molecular flexibility index (Phi) is 4.72. The zero-order chi connectivity index (χ0) is 14.9. The van der Waals surface area contributed by atoms with E-state index in [9.17, 15) is 8.78 Å². The molecule has 0 aliphatic rings. The van der Waals surface area contributed by atoms with Crippen molar-refractivity contribution in [3.05, 3.63) is 56.5 Å². The van der Waals surface area contributed by atoms with Gasteiger partial charge in [-0.1, -0.05) is 12.2 Å². The van der Waals surface area contributed by atoms with Crippen molar-refractivity contribution in [3.8, 4) is 0 Å². The molecular weight excluding hydrogens is 414 g/mol. The minimum Gasteiger partial charge on any atom is -0.389 e. The lowest BCUT2D eigenvalue weighted by atomic mass is 10.2. The molecule has 3 N–H and O–H groups in total. The molecule has 0 radical (unpaired) electrons. The zero-order valence-electron chi connectivity index (χ0n) is 9.88. The maximum atomic E-state index is 14.2. The van der Waals surface area contributed by atoms with Crippen LogP contribution in [0.25, 0.3) is 0 Å². The van der Waals surface area contributed by atoms with Crippen LogP contribution in [0.5, 0.6) is 0 Å². The van der Waals surface area contributed by atoms with Crippen LogP contribution in [-0.4, -0.2) is 4.99 Å². The van der Waals surface area contributed by atoms with Crippen LogP contribution in [0.3, 0.4) is 0 Å². The Morgan fingerprint density at radius 1 is 1.15 bits per heavy atom. The summed E-state index contributed by atoms with van der Waals surface area (Å²) in [5.41, 5.74) is 6.69. The number of rotatable bonds is 3. The largest absolute Gasteiger partial charge is 0.389 e. The summed E-state index contributed by atoms with van der Waals surface area (Å²) in [5.74, 6) is -0.906. The first-order chi connectivity index (χ1) is 9.40. The molecule has 0 aromatic heterocycles. The smallest absolute Gasteiger partial charge is 0.161 e. The van der Waals surface area contributed by atoms with Crippen LogP contribution in [0.2, 0.25) is 0 Å². The number of halogens is 4. The molecule has 20 heavy (non-hydrogen) atoms. The molecule has 0 spiro atoms. The summed E-state index contributed by atoms with van der Waals surface area (Å²) in [7, 11) is 0. The Balaban J connectivity index is 2.37. The molecule has 2 aromatic carbocycles. The highest BCUT2D eigenvalue weighted by Crippen LogP contribution is 2.30. The predicted molar refractivity (Wildman–Crippen MR) is 87.4 cm³/mol. The number of benzene rings is 2. The SMILES string of the molecule is NC(=S)c1ccc(Nc2ccc(F)c(Br)c2)c(F)c1Br. The minimum atomic E-state index is -0.518. The van der Waals surface area contributed by atoms with Crippen molar-refractivity contribution < 1.29 is 8.78 Å². The standard InChI is InChI=1S/C13H8Br2F2N2S/c14-8-5-6(1-3-9(8)16)19-10-4-2-7(13(18)20)11(15)12(10)17/h1-5,19H,(H2,18,20). The fourth-order valence-corrected chi connectivity index (χ4v) is 2.81. The topological polar surface area (TPSA) is 38.0 Å². The van der Waals surface area contributed by atoms with Gasteiger partial charge in [0, 0.05) is 11.3 Å². The third-order valence-corrected chi connectivity index (χ3v) is 4.15. The quantitative estimate of drug-likeness (QED) is 0.694. The highest BCUT2D eigenvalue weighted by atomic mass is 79.9. The van der Waals surface area contributed by atoms with Gasteiger partial charge in [0.2, 0.25) is 0 Å². The summed E-state index contributed by atoms with van der Waals surface area (Å²) in [4.78, 5) is 0.104. The minimum absolute atomic E-state index is 0.104. The fraction of sp³-hybridized carbons (Fsp3) is 0. The van der Waals surface area contributed by atoms with E-state index in [0.29, 0.717) is 15.7 Å². The number of thiocarbonyl (C=S) groups is 1. The Morgan fingerprint density at radius 2 is 1.85 bits per heavy atom. The normalized spacial score (nSPS) is 10.4. The van der Waals surface area contributed by atoms with Crippen molar-refractivity contribution in [1.29, 1.82) is 0 Å². The molecule has 0 heterocycles. The van der Waals surface area contributed by atoms with Crippen LogP contribution in [0.4, 0.5) is 20.2 Å². The van der Waals surface area contributed by atoms with E-state index in [1.54, 1.807) is 6.07 Å². The number of anilines is 2. The van der Waals surface area contributed by atoms with Gasteiger partial charge in [-0.3, -0.25) is 0 Å². The molecule has 2 nitrogen and oxygen atoms in total. The second kappa shape index (κ2) is 6.15. The van der Waals surface area contributed by atoms with Gasteiger partial charge in [0.15, 0.2) is 5.82 Å². The summed E-state index contributed by atoms with van der Waals surface area (Å²) in [6.45, 7) is 0. The Labute approximate surface area is 136 Å². The lowest BCUT2D eigenvalue weighted by Crippen LogP contribution is -2.11. The van der Waals surface area contributed by atoms with Gasteiger partial charge in [-0.05, 0) is 62.2 Å². The highest BCUT2D eigenvalue weighted by molar-refractivity contribution is 9.10. The summed E-state index contributed by atoms with van der Waals surface area (Å²) in [6.07, 6.45) is 0. The Morgan fingerprint density at radius 3 is 2.45 bits per heavy atom. The Bertz CT molecular complexity index is 692. The predicted octanol–water partition coefficient (Wildman–Crippen LogP) is 4.87. The zero-order valence-corrected chi connectivity index (χ0v) is 13.9. The van der Waals surface area contributed by atoms with Gasteiger partial charge < -0.3 is 11.1 Å². The van der Waals surface area contributed by atoms with Gasteiger partial charge in [0.1, 0.15) is 10.8 Å². The van der Waals surface area contributed by atoms with Crippen molar-refractivity contribution in [2.45, 2.75) is 0 Å². The summed E-state index contributed by atoms with van der Waals surface area (Å²) >= 11 is 11.0. The van der Waals surface area contributed by atoms with Gasteiger partial charge in [-0.15, -0.1) is 0 Å². The number of hydrogen-bond acceptors (Lipinski definition) is 2. The molecule has 2 rings (SSSR count). The first kappa shape index (κ1) is 15.3. The molecule has 2 aromatic rings. The molecule has 0 unspecified atom stereocenters. The van der Waals surface area contributed by atoms with Crippen molar-refractivity contribution >= 4 is 60.4 Å². The maximum Gasteiger partial charge on any atom is 0.161 e. The monoisotopic (exact) mass is 420 g/mol. The van der Waals surface area contributed by atoms with E-state index in [0.717, 1.165) is 0 Å². The second-order valence-corrected chi connectivity index (χ2v) is 5.99. The van der Waals surface area contributed by atoms with E-state index in [1.807, 2.05) is 0 Å². The van der Waals surface area contributed by atoms with E-state index >= 15 is 0 Å². The average molecular weight is 422 g/mol. The molecule has 0 aliphatic carbocycles. The molecule has 7 heteroatoms. The van der Waals surface area contributed by atoms with Gasteiger partial charge in [-0.25, -0.2) is 8.78 Å². The van der Waals surface area contributed by atoms with Gasteiger partial charge in [0.05, 0.1) is 14.6 Å². The summed E-state index contributed by atoms with van der Waals surface area (Å²) < 4.78 is 27.8. The molecule has 0 aliphatic heterocycles. The van der Waals surface area contributed by atoms with Gasteiger partial charge in [-0.2, -0.15) is 0 Å². The van der Waals surface area contributed by atoms with Gasteiger partial charge >= 0.3 is 0 Å². The van der Waals surface area contributed by atoms with Crippen molar-refractivity contribution in [1.82, 2.24) is 0 Å². The number of nitrogens with one attached hydrogen (secondary N) is 1. The van der Waals surface area contributed by atoms with E-state index in [1.165, 1.54) is 24.3 Å². The molecule has 0 saturated carbocycles. The molecule has 0 fully saturated rings.